The molecular weight excluding hydrogens is 256 g/mol. The Labute approximate surface area is 118 Å². The van der Waals surface area contributed by atoms with E-state index in [9.17, 15) is 0 Å². The summed E-state index contributed by atoms with van der Waals surface area (Å²) in [6, 6.07) is 3.79. The fourth-order valence-electron chi connectivity index (χ4n) is 2.16. The van der Waals surface area contributed by atoms with Gasteiger partial charge in [0.2, 0.25) is 5.88 Å². The van der Waals surface area contributed by atoms with E-state index in [2.05, 4.69) is 31.0 Å². The van der Waals surface area contributed by atoms with Gasteiger partial charge in [0.25, 0.3) is 0 Å². The van der Waals surface area contributed by atoms with Gasteiger partial charge in [0.05, 0.1) is 32.4 Å². The first-order valence-corrected chi connectivity index (χ1v) is 6.39. The lowest BCUT2D eigenvalue weighted by Crippen LogP contribution is -2.15. The molecule has 0 N–H and O–H groups in total. The van der Waals surface area contributed by atoms with Crippen molar-refractivity contribution in [2.75, 3.05) is 21.3 Å². The SMILES string of the molecule is COc1cc2c(OC)nnc(C(C)(C)C)c2cc1OC. The van der Waals surface area contributed by atoms with Crippen LogP contribution in [0.3, 0.4) is 0 Å². The van der Waals surface area contributed by atoms with Crippen LogP contribution in [0.4, 0.5) is 0 Å². The summed E-state index contributed by atoms with van der Waals surface area (Å²) in [5.74, 6) is 1.79. The highest BCUT2D eigenvalue weighted by Crippen LogP contribution is 2.38. The first-order valence-electron chi connectivity index (χ1n) is 6.39. The average molecular weight is 276 g/mol. The van der Waals surface area contributed by atoms with Gasteiger partial charge in [-0.2, -0.15) is 5.10 Å². The van der Waals surface area contributed by atoms with E-state index in [0.29, 0.717) is 17.4 Å². The van der Waals surface area contributed by atoms with Crippen molar-refractivity contribution in [2.45, 2.75) is 26.2 Å². The highest BCUT2D eigenvalue weighted by Gasteiger charge is 2.23. The Bertz CT molecular complexity index is 633. The minimum Gasteiger partial charge on any atom is -0.493 e. The minimum atomic E-state index is -0.128. The molecule has 20 heavy (non-hydrogen) atoms. The van der Waals surface area contributed by atoms with E-state index in [1.165, 1.54) is 0 Å². The second-order valence-corrected chi connectivity index (χ2v) is 5.56. The summed E-state index contributed by atoms with van der Waals surface area (Å²) >= 11 is 0. The molecule has 0 fully saturated rings. The molecule has 0 spiro atoms. The van der Waals surface area contributed by atoms with Gasteiger partial charge in [-0.05, 0) is 12.1 Å². The molecule has 0 radical (unpaired) electrons. The highest BCUT2D eigenvalue weighted by molar-refractivity contribution is 5.92. The second-order valence-electron chi connectivity index (χ2n) is 5.56. The van der Waals surface area contributed by atoms with Crippen molar-refractivity contribution >= 4 is 10.8 Å². The molecule has 5 nitrogen and oxygen atoms in total. The van der Waals surface area contributed by atoms with Crippen LogP contribution in [0, 0.1) is 0 Å². The van der Waals surface area contributed by atoms with Crippen LogP contribution in [0.2, 0.25) is 0 Å². The van der Waals surface area contributed by atoms with Crippen LogP contribution in [-0.2, 0) is 5.41 Å². The quantitative estimate of drug-likeness (QED) is 0.862. The lowest BCUT2D eigenvalue weighted by Gasteiger charge is -2.20. The fourth-order valence-corrected chi connectivity index (χ4v) is 2.16. The van der Waals surface area contributed by atoms with Crippen LogP contribution in [0.15, 0.2) is 12.1 Å². The van der Waals surface area contributed by atoms with E-state index in [-0.39, 0.29) is 5.41 Å². The van der Waals surface area contributed by atoms with E-state index in [0.717, 1.165) is 16.5 Å². The van der Waals surface area contributed by atoms with Gasteiger partial charge in [-0.1, -0.05) is 20.8 Å². The molecular formula is C15H20N2O3. The molecule has 0 aliphatic rings. The first kappa shape index (κ1) is 14.4. The molecule has 0 aliphatic carbocycles. The van der Waals surface area contributed by atoms with E-state index in [1.807, 2.05) is 12.1 Å². The number of rotatable bonds is 3. The molecule has 5 heteroatoms. The lowest BCUT2D eigenvalue weighted by atomic mass is 9.88. The van der Waals surface area contributed by atoms with Gasteiger partial charge in [-0.15, -0.1) is 5.10 Å². The maximum atomic E-state index is 5.37. The van der Waals surface area contributed by atoms with E-state index in [1.54, 1.807) is 21.3 Å². The average Bonchev–Trinajstić information content (AvgIpc) is 2.43. The van der Waals surface area contributed by atoms with Crippen LogP contribution in [0.1, 0.15) is 26.5 Å². The van der Waals surface area contributed by atoms with Crippen molar-refractivity contribution in [1.29, 1.82) is 0 Å². The molecule has 1 heterocycles. The monoisotopic (exact) mass is 276 g/mol. The summed E-state index contributed by atoms with van der Waals surface area (Å²) in [7, 11) is 4.80. The molecule has 1 aromatic carbocycles. The largest absolute Gasteiger partial charge is 0.493 e. The first-order chi connectivity index (χ1) is 9.42. The third-order valence-corrected chi connectivity index (χ3v) is 3.15. The van der Waals surface area contributed by atoms with Crippen molar-refractivity contribution in [3.05, 3.63) is 17.8 Å². The van der Waals surface area contributed by atoms with E-state index in [4.69, 9.17) is 14.2 Å². The Morgan fingerprint density at radius 2 is 1.35 bits per heavy atom. The predicted octanol–water partition coefficient (Wildman–Crippen LogP) is 2.95. The number of aromatic nitrogens is 2. The normalized spacial score (nSPS) is 11.5. The molecule has 0 aliphatic heterocycles. The third-order valence-electron chi connectivity index (χ3n) is 3.15. The second kappa shape index (κ2) is 5.15. The van der Waals surface area contributed by atoms with Gasteiger partial charge in [0.15, 0.2) is 11.5 Å². The van der Waals surface area contributed by atoms with Gasteiger partial charge in [-0.3, -0.25) is 0 Å². The number of nitrogens with zero attached hydrogens (tertiary/aromatic N) is 2. The Morgan fingerprint density at radius 1 is 0.800 bits per heavy atom. The number of fused-ring (bicyclic) bond motifs is 1. The van der Waals surface area contributed by atoms with Crippen LogP contribution >= 0.6 is 0 Å². The smallest absolute Gasteiger partial charge is 0.241 e. The van der Waals surface area contributed by atoms with Gasteiger partial charge in [0.1, 0.15) is 0 Å². The van der Waals surface area contributed by atoms with Gasteiger partial charge in [-0.25, -0.2) is 0 Å². The topological polar surface area (TPSA) is 53.5 Å². The van der Waals surface area contributed by atoms with E-state index >= 15 is 0 Å². The highest BCUT2D eigenvalue weighted by atomic mass is 16.5. The Hall–Kier alpha value is -2.04. The summed E-state index contributed by atoms with van der Waals surface area (Å²) in [4.78, 5) is 0. The zero-order valence-electron chi connectivity index (χ0n) is 12.8. The van der Waals surface area contributed by atoms with Crippen LogP contribution in [-0.4, -0.2) is 31.5 Å². The molecule has 108 valence electrons. The summed E-state index contributed by atoms with van der Waals surface area (Å²) in [6.07, 6.45) is 0. The molecule has 0 unspecified atom stereocenters. The lowest BCUT2D eigenvalue weighted by molar-refractivity contribution is 0.355. The Kier molecular flexibility index (Phi) is 3.70. The number of hydrogen-bond acceptors (Lipinski definition) is 5. The molecule has 2 rings (SSSR count). The van der Waals surface area contributed by atoms with E-state index < -0.39 is 0 Å². The molecule has 0 saturated carbocycles. The number of ether oxygens (including phenoxy) is 3. The van der Waals surface area contributed by atoms with Crippen LogP contribution in [0.25, 0.3) is 10.8 Å². The van der Waals surface area contributed by atoms with Crippen molar-refractivity contribution in [3.8, 4) is 17.4 Å². The number of benzene rings is 1. The van der Waals surface area contributed by atoms with Crippen molar-refractivity contribution in [1.82, 2.24) is 10.2 Å². The molecule has 0 amide bonds. The van der Waals surface area contributed by atoms with Crippen molar-refractivity contribution in [2.24, 2.45) is 0 Å². The molecule has 0 bridgehead atoms. The summed E-state index contributed by atoms with van der Waals surface area (Å²) in [6.45, 7) is 6.29. The molecule has 1 aromatic heterocycles. The number of hydrogen-bond donors (Lipinski definition) is 0. The standard InChI is InChI=1S/C15H20N2O3/c1-15(2,3)13-9-7-11(18-4)12(19-5)8-10(9)14(20-6)17-16-13/h7-8H,1-6H3. The molecule has 2 aromatic rings. The van der Waals surface area contributed by atoms with Gasteiger partial charge >= 0.3 is 0 Å². The predicted molar refractivity (Wildman–Crippen MR) is 77.9 cm³/mol. The minimum absolute atomic E-state index is 0.128. The maximum absolute atomic E-state index is 5.37. The van der Waals surface area contributed by atoms with Crippen molar-refractivity contribution < 1.29 is 14.2 Å². The van der Waals surface area contributed by atoms with Crippen molar-refractivity contribution in [3.63, 3.8) is 0 Å². The zero-order valence-corrected chi connectivity index (χ0v) is 12.8. The Balaban J connectivity index is 2.86. The maximum Gasteiger partial charge on any atom is 0.241 e. The summed E-state index contributed by atoms with van der Waals surface area (Å²) < 4.78 is 16.0. The van der Waals surface area contributed by atoms with Crippen LogP contribution in [0.5, 0.6) is 17.4 Å². The fraction of sp³-hybridized carbons (Fsp3) is 0.467. The third kappa shape index (κ3) is 2.35. The Morgan fingerprint density at radius 3 is 1.80 bits per heavy atom. The summed E-state index contributed by atoms with van der Waals surface area (Å²) in [5, 5.41) is 10.3. The zero-order chi connectivity index (χ0) is 14.9. The van der Waals surface area contributed by atoms with Gasteiger partial charge in [0, 0.05) is 10.8 Å². The summed E-state index contributed by atoms with van der Waals surface area (Å²) in [5.41, 5.74) is 0.770. The molecule has 0 atom stereocenters. The van der Waals surface area contributed by atoms with Gasteiger partial charge < -0.3 is 14.2 Å². The van der Waals surface area contributed by atoms with Crippen LogP contribution < -0.4 is 14.2 Å². The molecule has 0 saturated heterocycles. The number of methoxy groups -OCH3 is 3.